The molecule has 1 amide bonds. The van der Waals surface area contributed by atoms with Crippen LogP contribution in [-0.2, 0) is 0 Å². The fourth-order valence-electron chi connectivity index (χ4n) is 1.35. The van der Waals surface area contributed by atoms with Gasteiger partial charge in [-0.25, -0.2) is 4.39 Å². The maximum absolute atomic E-state index is 13.1. The van der Waals surface area contributed by atoms with Crippen molar-refractivity contribution in [1.82, 2.24) is 10.6 Å². The molecule has 1 aromatic rings. The number of carbonyl (C=O) groups is 1. The summed E-state index contributed by atoms with van der Waals surface area (Å²) < 4.78 is 13.1. The summed E-state index contributed by atoms with van der Waals surface area (Å²) in [6.45, 7) is 3.01. The lowest BCUT2D eigenvalue weighted by Gasteiger charge is -2.09. The summed E-state index contributed by atoms with van der Waals surface area (Å²) in [7, 11) is 0. The van der Waals surface area contributed by atoms with Crippen molar-refractivity contribution in [2.45, 2.75) is 13.0 Å². The smallest absolute Gasteiger partial charge is 0.252 e. The largest absolute Gasteiger partial charge is 0.392 e. The first-order valence-corrected chi connectivity index (χ1v) is 6.01. The monoisotopic (exact) mass is 274 g/mol. The molecule has 1 rings (SSSR count). The van der Waals surface area contributed by atoms with E-state index in [0.29, 0.717) is 19.6 Å². The summed E-state index contributed by atoms with van der Waals surface area (Å²) in [6.07, 6.45) is -0.432. The summed E-state index contributed by atoms with van der Waals surface area (Å²) in [5.74, 6) is -1.03. The molecule has 1 aromatic carbocycles. The zero-order valence-electron chi connectivity index (χ0n) is 10.0. The van der Waals surface area contributed by atoms with Gasteiger partial charge in [0.15, 0.2) is 0 Å². The lowest BCUT2D eigenvalue weighted by atomic mass is 10.2. The first-order chi connectivity index (χ1) is 8.52. The molecule has 0 radical (unpaired) electrons. The quantitative estimate of drug-likeness (QED) is 0.683. The molecule has 0 saturated heterocycles. The van der Waals surface area contributed by atoms with Crippen molar-refractivity contribution in [2.24, 2.45) is 0 Å². The Kier molecular flexibility index (Phi) is 6.04. The molecule has 0 heterocycles. The molecule has 0 spiro atoms. The number of halogens is 2. The Morgan fingerprint density at radius 3 is 2.89 bits per heavy atom. The van der Waals surface area contributed by atoms with Crippen molar-refractivity contribution in [1.29, 1.82) is 0 Å². The van der Waals surface area contributed by atoms with Crippen molar-refractivity contribution in [3.63, 3.8) is 0 Å². The van der Waals surface area contributed by atoms with E-state index in [4.69, 9.17) is 16.7 Å². The number of carbonyl (C=O) groups excluding carboxylic acids is 1. The Labute approximate surface area is 110 Å². The zero-order chi connectivity index (χ0) is 13.5. The number of amides is 1. The van der Waals surface area contributed by atoms with E-state index in [1.54, 1.807) is 6.92 Å². The Bertz CT molecular complexity index is 413. The molecule has 0 aromatic heterocycles. The molecular weight excluding hydrogens is 259 g/mol. The van der Waals surface area contributed by atoms with Crippen molar-refractivity contribution in [3.8, 4) is 0 Å². The van der Waals surface area contributed by atoms with Gasteiger partial charge in [-0.05, 0) is 19.1 Å². The molecular formula is C12H16ClFN2O2. The third kappa shape index (κ3) is 4.60. The standard InChI is InChI=1S/C12H16ClFN2O2/c1-8(17)7-15-5-6-16-12(18)9-3-2-4-10(14)11(9)13/h2-4,8,15,17H,5-7H2,1H3,(H,16,18). The summed E-state index contributed by atoms with van der Waals surface area (Å²) in [4.78, 5) is 11.7. The fraction of sp³-hybridized carbons (Fsp3) is 0.417. The van der Waals surface area contributed by atoms with Crippen LogP contribution in [0.3, 0.4) is 0 Å². The predicted octanol–water partition coefficient (Wildman–Crippen LogP) is 1.18. The normalized spacial score (nSPS) is 12.2. The van der Waals surface area contributed by atoms with Gasteiger partial charge in [-0.3, -0.25) is 4.79 Å². The molecule has 0 aliphatic carbocycles. The SMILES string of the molecule is CC(O)CNCCNC(=O)c1cccc(F)c1Cl. The maximum Gasteiger partial charge on any atom is 0.252 e. The van der Waals surface area contributed by atoms with Gasteiger partial charge in [-0.1, -0.05) is 17.7 Å². The third-order valence-corrected chi connectivity index (χ3v) is 2.61. The van der Waals surface area contributed by atoms with Gasteiger partial charge in [-0.15, -0.1) is 0 Å². The van der Waals surface area contributed by atoms with E-state index in [-0.39, 0.29) is 10.6 Å². The summed E-state index contributed by atoms with van der Waals surface area (Å²) in [5.41, 5.74) is 0.118. The van der Waals surface area contributed by atoms with E-state index in [1.807, 2.05) is 0 Å². The maximum atomic E-state index is 13.1. The van der Waals surface area contributed by atoms with Crippen molar-refractivity contribution in [2.75, 3.05) is 19.6 Å². The second-order valence-corrected chi connectivity index (χ2v) is 4.29. The van der Waals surface area contributed by atoms with E-state index < -0.39 is 17.8 Å². The molecule has 0 aliphatic heterocycles. The summed E-state index contributed by atoms with van der Waals surface area (Å²) >= 11 is 5.69. The third-order valence-electron chi connectivity index (χ3n) is 2.22. The highest BCUT2D eigenvalue weighted by Gasteiger charge is 2.12. The van der Waals surface area contributed by atoms with Crippen LogP contribution in [0.2, 0.25) is 5.02 Å². The first kappa shape index (κ1) is 14.9. The van der Waals surface area contributed by atoms with E-state index >= 15 is 0 Å². The first-order valence-electron chi connectivity index (χ1n) is 5.63. The molecule has 0 aliphatic rings. The van der Waals surface area contributed by atoms with Crippen LogP contribution in [0.4, 0.5) is 4.39 Å². The van der Waals surface area contributed by atoms with Gasteiger partial charge >= 0.3 is 0 Å². The number of nitrogens with one attached hydrogen (secondary N) is 2. The van der Waals surface area contributed by atoms with E-state index in [0.717, 1.165) is 0 Å². The number of hydrogen-bond acceptors (Lipinski definition) is 3. The van der Waals surface area contributed by atoms with Gasteiger partial charge < -0.3 is 15.7 Å². The van der Waals surface area contributed by atoms with Crippen LogP contribution in [0.5, 0.6) is 0 Å². The predicted molar refractivity (Wildman–Crippen MR) is 68.3 cm³/mol. The highest BCUT2D eigenvalue weighted by molar-refractivity contribution is 6.34. The van der Waals surface area contributed by atoms with Crippen LogP contribution in [-0.4, -0.2) is 36.8 Å². The van der Waals surface area contributed by atoms with Crippen molar-refractivity contribution in [3.05, 3.63) is 34.6 Å². The highest BCUT2D eigenvalue weighted by Crippen LogP contribution is 2.19. The average Bonchev–Trinajstić information content (AvgIpc) is 2.31. The van der Waals surface area contributed by atoms with Crippen LogP contribution < -0.4 is 10.6 Å². The van der Waals surface area contributed by atoms with E-state index in [2.05, 4.69) is 10.6 Å². The zero-order valence-corrected chi connectivity index (χ0v) is 10.8. The van der Waals surface area contributed by atoms with Crippen molar-refractivity contribution >= 4 is 17.5 Å². The second kappa shape index (κ2) is 7.31. The Balaban J connectivity index is 2.39. The van der Waals surface area contributed by atoms with E-state index in [1.165, 1.54) is 18.2 Å². The van der Waals surface area contributed by atoms with Crippen LogP contribution in [0, 0.1) is 5.82 Å². The van der Waals surface area contributed by atoms with Gasteiger partial charge in [0, 0.05) is 19.6 Å². The van der Waals surface area contributed by atoms with Gasteiger partial charge in [0.25, 0.3) is 5.91 Å². The number of benzene rings is 1. The minimum absolute atomic E-state index is 0.118. The molecule has 18 heavy (non-hydrogen) atoms. The van der Waals surface area contributed by atoms with Gasteiger partial charge in [-0.2, -0.15) is 0 Å². The molecule has 1 unspecified atom stereocenters. The van der Waals surface area contributed by atoms with Crippen LogP contribution in [0.25, 0.3) is 0 Å². The minimum atomic E-state index is -0.614. The highest BCUT2D eigenvalue weighted by atomic mass is 35.5. The summed E-state index contributed by atoms with van der Waals surface area (Å²) in [6, 6.07) is 4.09. The lowest BCUT2D eigenvalue weighted by molar-refractivity contribution is 0.0953. The lowest BCUT2D eigenvalue weighted by Crippen LogP contribution is -2.34. The Morgan fingerprint density at radius 2 is 2.22 bits per heavy atom. The van der Waals surface area contributed by atoms with Gasteiger partial charge in [0.2, 0.25) is 0 Å². The fourth-order valence-corrected chi connectivity index (χ4v) is 1.56. The van der Waals surface area contributed by atoms with Crippen LogP contribution >= 0.6 is 11.6 Å². The molecule has 0 fully saturated rings. The second-order valence-electron chi connectivity index (χ2n) is 3.91. The molecule has 0 bridgehead atoms. The molecule has 0 saturated carbocycles. The number of aliphatic hydroxyl groups is 1. The van der Waals surface area contributed by atoms with Gasteiger partial charge in [0.1, 0.15) is 5.82 Å². The molecule has 1 atom stereocenters. The number of hydrogen-bond donors (Lipinski definition) is 3. The molecule has 100 valence electrons. The topological polar surface area (TPSA) is 61.4 Å². The van der Waals surface area contributed by atoms with E-state index in [9.17, 15) is 9.18 Å². The Hall–Kier alpha value is -1.17. The molecule has 4 nitrogen and oxygen atoms in total. The summed E-state index contributed by atoms with van der Waals surface area (Å²) in [5, 5.41) is 14.4. The van der Waals surface area contributed by atoms with Gasteiger partial charge in [0.05, 0.1) is 16.7 Å². The van der Waals surface area contributed by atoms with Crippen LogP contribution in [0.1, 0.15) is 17.3 Å². The number of aliphatic hydroxyl groups excluding tert-OH is 1. The molecule has 6 heteroatoms. The molecule has 3 N–H and O–H groups in total. The minimum Gasteiger partial charge on any atom is -0.392 e. The Morgan fingerprint density at radius 1 is 1.50 bits per heavy atom. The van der Waals surface area contributed by atoms with Crippen LogP contribution in [0.15, 0.2) is 18.2 Å². The van der Waals surface area contributed by atoms with Crippen molar-refractivity contribution < 1.29 is 14.3 Å². The average molecular weight is 275 g/mol. The number of rotatable bonds is 6.